The van der Waals surface area contributed by atoms with Crippen molar-refractivity contribution in [2.24, 2.45) is 0 Å². The largest absolute Gasteiger partial charge is 0.338 e. The van der Waals surface area contributed by atoms with Gasteiger partial charge in [-0.05, 0) is 34.3 Å². The summed E-state index contributed by atoms with van der Waals surface area (Å²) in [5.41, 5.74) is 4.36. The van der Waals surface area contributed by atoms with Crippen molar-refractivity contribution >= 4 is 45.2 Å². The molecule has 98 valence electrons. The van der Waals surface area contributed by atoms with E-state index in [0.717, 1.165) is 22.4 Å². The van der Waals surface area contributed by atoms with Crippen LogP contribution in [0.5, 0.6) is 0 Å². The topological polar surface area (TPSA) is 28.7 Å². The molecule has 2 aromatic carbocycles. The van der Waals surface area contributed by atoms with Gasteiger partial charge in [0, 0.05) is 0 Å². The van der Waals surface area contributed by atoms with Crippen LogP contribution in [-0.4, -0.2) is 9.97 Å². The molecule has 2 nitrogen and oxygen atoms in total. The maximum atomic E-state index is 4.47. The van der Waals surface area contributed by atoms with Gasteiger partial charge in [0.05, 0.1) is 11.0 Å². The van der Waals surface area contributed by atoms with E-state index in [1.54, 1.807) is 4.99 Å². The van der Waals surface area contributed by atoms with Gasteiger partial charge in [-0.25, -0.2) is 4.98 Å². The van der Waals surface area contributed by atoms with Crippen LogP contribution in [0.2, 0.25) is 0 Å². The fraction of sp³-hybridized carbons (Fsp3) is 0. The molecule has 20 heavy (non-hydrogen) atoms. The lowest BCUT2D eigenvalue weighted by Gasteiger charge is -1.94. The van der Waals surface area contributed by atoms with E-state index in [1.807, 2.05) is 30.3 Å². The molecular weight excluding hydrogens is 312 g/mol. The monoisotopic (exact) mass is 324 g/mol. The standard InChI is InChI=1S/C17H13BrN2/c18-11-10-17-19-15-9-8-14(12-16(15)20-17)7-6-13-4-2-1-3-5-13/h1-12H,(H,19,20). The summed E-state index contributed by atoms with van der Waals surface area (Å²) < 4.78 is 0. The maximum absolute atomic E-state index is 4.47. The van der Waals surface area contributed by atoms with E-state index in [2.05, 4.69) is 62.3 Å². The molecule has 0 saturated heterocycles. The van der Waals surface area contributed by atoms with Crippen molar-refractivity contribution in [3.05, 3.63) is 70.5 Å². The molecule has 0 saturated carbocycles. The number of aromatic amines is 1. The number of nitrogens with zero attached hydrogens (tertiary/aromatic N) is 1. The van der Waals surface area contributed by atoms with Crippen molar-refractivity contribution in [2.45, 2.75) is 0 Å². The van der Waals surface area contributed by atoms with Gasteiger partial charge in [0.15, 0.2) is 0 Å². The van der Waals surface area contributed by atoms with Gasteiger partial charge in [0.25, 0.3) is 0 Å². The average molecular weight is 325 g/mol. The molecule has 0 bridgehead atoms. The quantitative estimate of drug-likeness (QED) is 0.667. The molecule has 3 rings (SSSR count). The Bertz CT molecular complexity index is 770. The first kappa shape index (κ1) is 12.9. The molecule has 0 aliphatic carbocycles. The minimum absolute atomic E-state index is 0.848. The van der Waals surface area contributed by atoms with E-state index in [1.165, 1.54) is 5.56 Å². The molecule has 1 heterocycles. The van der Waals surface area contributed by atoms with E-state index in [0.29, 0.717) is 0 Å². The third kappa shape index (κ3) is 2.89. The van der Waals surface area contributed by atoms with Crippen LogP contribution in [0.15, 0.2) is 53.5 Å². The predicted molar refractivity (Wildman–Crippen MR) is 89.4 cm³/mol. The molecule has 0 aliphatic heterocycles. The van der Waals surface area contributed by atoms with Crippen LogP contribution in [0.1, 0.15) is 17.0 Å². The van der Waals surface area contributed by atoms with Gasteiger partial charge >= 0.3 is 0 Å². The maximum Gasteiger partial charge on any atom is 0.131 e. The first-order valence-electron chi connectivity index (χ1n) is 6.35. The van der Waals surface area contributed by atoms with Gasteiger partial charge in [-0.15, -0.1) is 0 Å². The molecular formula is C17H13BrN2. The average Bonchev–Trinajstić information content (AvgIpc) is 2.88. The Morgan fingerprint density at radius 3 is 2.50 bits per heavy atom. The van der Waals surface area contributed by atoms with Gasteiger partial charge in [0.1, 0.15) is 5.82 Å². The van der Waals surface area contributed by atoms with Crippen LogP contribution in [0.3, 0.4) is 0 Å². The Hall–Kier alpha value is -2.13. The van der Waals surface area contributed by atoms with Crippen molar-refractivity contribution < 1.29 is 0 Å². The van der Waals surface area contributed by atoms with Crippen molar-refractivity contribution in [1.82, 2.24) is 9.97 Å². The number of fused-ring (bicyclic) bond motifs is 1. The number of halogens is 1. The number of nitrogens with one attached hydrogen (secondary N) is 1. The molecule has 0 fully saturated rings. The molecule has 0 radical (unpaired) electrons. The minimum Gasteiger partial charge on any atom is -0.338 e. The van der Waals surface area contributed by atoms with E-state index < -0.39 is 0 Å². The van der Waals surface area contributed by atoms with Crippen LogP contribution >= 0.6 is 15.9 Å². The summed E-state index contributed by atoms with van der Waals surface area (Å²) in [6, 6.07) is 16.5. The normalized spacial score (nSPS) is 11.8. The highest BCUT2D eigenvalue weighted by Crippen LogP contribution is 2.16. The Morgan fingerprint density at radius 1 is 0.900 bits per heavy atom. The zero-order valence-corrected chi connectivity index (χ0v) is 12.3. The lowest BCUT2D eigenvalue weighted by atomic mass is 10.1. The second kappa shape index (κ2) is 5.88. The Morgan fingerprint density at radius 2 is 1.70 bits per heavy atom. The molecule has 0 unspecified atom stereocenters. The molecule has 0 spiro atoms. The van der Waals surface area contributed by atoms with Crippen molar-refractivity contribution in [3.8, 4) is 0 Å². The third-order valence-corrected chi connectivity index (χ3v) is 3.28. The minimum atomic E-state index is 0.848. The van der Waals surface area contributed by atoms with Crippen LogP contribution in [0.4, 0.5) is 0 Å². The molecule has 0 aliphatic rings. The Kier molecular flexibility index (Phi) is 3.79. The number of aromatic nitrogens is 2. The SMILES string of the molecule is BrC=Cc1nc2ccc(C=Cc3ccccc3)cc2[nH]1. The first-order chi connectivity index (χ1) is 9.85. The fourth-order valence-electron chi connectivity index (χ4n) is 2.05. The first-order valence-corrected chi connectivity index (χ1v) is 7.26. The summed E-state index contributed by atoms with van der Waals surface area (Å²) in [7, 11) is 0. The Labute approximate surface area is 126 Å². The van der Waals surface area contributed by atoms with Gasteiger partial charge in [0.2, 0.25) is 0 Å². The van der Waals surface area contributed by atoms with Gasteiger partial charge in [-0.2, -0.15) is 0 Å². The number of rotatable bonds is 3. The zero-order valence-electron chi connectivity index (χ0n) is 10.8. The van der Waals surface area contributed by atoms with Crippen LogP contribution in [-0.2, 0) is 0 Å². The van der Waals surface area contributed by atoms with E-state index in [4.69, 9.17) is 0 Å². The van der Waals surface area contributed by atoms with Crippen molar-refractivity contribution in [3.63, 3.8) is 0 Å². The summed E-state index contributed by atoms with van der Waals surface area (Å²) in [4.78, 5) is 9.53. The summed E-state index contributed by atoms with van der Waals surface area (Å²) in [5, 5.41) is 0. The molecule has 0 amide bonds. The highest BCUT2D eigenvalue weighted by molar-refractivity contribution is 9.11. The summed E-state index contributed by atoms with van der Waals surface area (Å²) in [5.74, 6) is 0.848. The van der Waals surface area contributed by atoms with Gasteiger partial charge in [-0.3, -0.25) is 0 Å². The van der Waals surface area contributed by atoms with Crippen molar-refractivity contribution in [1.29, 1.82) is 0 Å². The summed E-state index contributed by atoms with van der Waals surface area (Å²) in [6.07, 6.45) is 6.10. The number of hydrogen-bond donors (Lipinski definition) is 1. The number of benzene rings is 2. The lowest BCUT2D eigenvalue weighted by molar-refractivity contribution is 1.29. The van der Waals surface area contributed by atoms with Crippen LogP contribution in [0, 0.1) is 0 Å². The number of H-pyrrole nitrogens is 1. The number of imidazole rings is 1. The van der Waals surface area contributed by atoms with E-state index in [-0.39, 0.29) is 0 Å². The van der Waals surface area contributed by atoms with Gasteiger partial charge in [-0.1, -0.05) is 64.5 Å². The fourth-order valence-corrected chi connectivity index (χ4v) is 2.30. The molecule has 3 heteroatoms. The summed E-state index contributed by atoms with van der Waals surface area (Å²) in [6.45, 7) is 0. The highest BCUT2D eigenvalue weighted by Gasteiger charge is 2.00. The molecule has 1 aromatic heterocycles. The van der Waals surface area contributed by atoms with Crippen LogP contribution in [0.25, 0.3) is 29.3 Å². The molecule has 0 atom stereocenters. The molecule has 1 N–H and O–H groups in total. The molecule has 3 aromatic rings. The number of hydrogen-bond acceptors (Lipinski definition) is 1. The van der Waals surface area contributed by atoms with Gasteiger partial charge < -0.3 is 4.98 Å². The van der Waals surface area contributed by atoms with Crippen LogP contribution < -0.4 is 0 Å². The zero-order chi connectivity index (χ0) is 13.8. The Balaban J connectivity index is 1.91. The lowest BCUT2D eigenvalue weighted by Crippen LogP contribution is -1.74. The second-order valence-electron chi connectivity index (χ2n) is 4.44. The van der Waals surface area contributed by atoms with E-state index >= 15 is 0 Å². The predicted octanol–water partition coefficient (Wildman–Crippen LogP) is 5.10. The van der Waals surface area contributed by atoms with Crippen molar-refractivity contribution in [2.75, 3.05) is 0 Å². The third-order valence-electron chi connectivity index (χ3n) is 3.01. The second-order valence-corrected chi connectivity index (χ2v) is 4.96. The smallest absolute Gasteiger partial charge is 0.131 e. The van der Waals surface area contributed by atoms with E-state index in [9.17, 15) is 0 Å². The highest BCUT2D eigenvalue weighted by atomic mass is 79.9. The summed E-state index contributed by atoms with van der Waals surface area (Å²) >= 11 is 3.26.